The number of benzene rings is 1. The third-order valence-corrected chi connectivity index (χ3v) is 10.7. The first-order valence-electron chi connectivity index (χ1n) is 15.1. The molecule has 1 N–H and O–H groups in total. The predicted octanol–water partition coefficient (Wildman–Crippen LogP) is 4.76. The summed E-state index contributed by atoms with van der Waals surface area (Å²) in [4.78, 5) is 15.2. The summed E-state index contributed by atoms with van der Waals surface area (Å²) in [6.07, 6.45) is 11.0. The molecular weight excluding hydrogens is 472 g/mol. The van der Waals surface area contributed by atoms with Gasteiger partial charge in [-0.05, 0) is 107 Å². The van der Waals surface area contributed by atoms with E-state index in [0.717, 1.165) is 50.4 Å². The third kappa shape index (κ3) is 4.05. The Kier molecular flexibility index (Phi) is 5.83. The Hall–Kier alpha value is -2.18. The summed E-state index contributed by atoms with van der Waals surface area (Å²) < 4.78 is 6.58. The van der Waals surface area contributed by atoms with Crippen LogP contribution < -0.4 is 9.64 Å². The molecule has 6 heteroatoms. The van der Waals surface area contributed by atoms with Crippen LogP contribution in [0.3, 0.4) is 0 Å². The molecule has 0 radical (unpaired) electrons. The summed E-state index contributed by atoms with van der Waals surface area (Å²) in [7, 11) is 0. The second-order valence-corrected chi connectivity index (χ2v) is 13.7. The molecule has 2 aliphatic carbocycles. The van der Waals surface area contributed by atoms with Gasteiger partial charge in [-0.1, -0.05) is 25.1 Å². The van der Waals surface area contributed by atoms with Crippen LogP contribution in [0.2, 0.25) is 0 Å². The topological polar surface area (TPSA) is 61.7 Å². The van der Waals surface area contributed by atoms with Gasteiger partial charge in [0.15, 0.2) is 0 Å². The van der Waals surface area contributed by atoms with Gasteiger partial charge in [-0.3, -0.25) is 4.90 Å². The number of ether oxygens (including phenoxy) is 1. The molecule has 0 saturated carbocycles. The molecule has 2 aromatic rings. The number of hydrogen-bond donors (Lipinski definition) is 1. The van der Waals surface area contributed by atoms with Crippen LogP contribution >= 0.6 is 0 Å². The van der Waals surface area contributed by atoms with Crippen molar-refractivity contribution in [2.75, 3.05) is 37.7 Å². The lowest BCUT2D eigenvalue weighted by Crippen LogP contribution is -2.47. The summed E-state index contributed by atoms with van der Waals surface area (Å²) in [6.45, 7) is 11.2. The normalized spacial score (nSPS) is 34.4. The molecule has 1 aromatic heterocycles. The molecule has 0 bridgehead atoms. The van der Waals surface area contributed by atoms with Gasteiger partial charge < -0.3 is 14.7 Å². The Balaban J connectivity index is 1.24. The Morgan fingerprint density at radius 2 is 1.87 bits per heavy atom. The van der Waals surface area contributed by atoms with Crippen molar-refractivity contribution in [3.63, 3.8) is 0 Å². The molecular formula is C32H44N4O2. The van der Waals surface area contributed by atoms with Gasteiger partial charge >= 0.3 is 6.01 Å². The maximum atomic E-state index is 10.9. The Labute approximate surface area is 227 Å². The summed E-state index contributed by atoms with van der Waals surface area (Å²) in [6, 6.07) is 7.42. The van der Waals surface area contributed by atoms with Crippen molar-refractivity contribution in [3.8, 4) is 6.01 Å². The highest BCUT2D eigenvalue weighted by atomic mass is 16.5. The van der Waals surface area contributed by atoms with Crippen molar-refractivity contribution in [1.82, 2.24) is 14.9 Å². The highest BCUT2D eigenvalue weighted by Gasteiger charge is 2.48. The van der Waals surface area contributed by atoms with Crippen LogP contribution in [-0.2, 0) is 24.7 Å². The number of piperidine rings is 1. The Morgan fingerprint density at radius 3 is 2.71 bits per heavy atom. The first-order valence-corrected chi connectivity index (χ1v) is 15.1. The van der Waals surface area contributed by atoms with Crippen molar-refractivity contribution in [2.24, 2.45) is 5.92 Å². The van der Waals surface area contributed by atoms with E-state index in [0.29, 0.717) is 19.2 Å². The van der Waals surface area contributed by atoms with E-state index in [1.807, 2.05) is 6.92 Å². The molecule has 4 atom stereocenters. The molecule has 6 nitrogen and oxygen atoms in total. The zero-order valence-electron chi connectivity index (χ0n) is 23.6. The molecule has 3 fully saturated rings. The van der Waals surface area contributed by atoms with E-state index in [4.69, 9.17) is 14.7 Å². The third-order valence-electron chi connectivity index (χ3n) is 10.7. The van der Waals surface area contributed by atoms with Gasteiger partial charge in [0, 0.05) is 30.6 Å². The van der Waals surface area contributed by atoms with E-state index in [1.165, 1.54) is 62.0 Å². The molecule has 3 saturated heterocycles. The SMILES string of the molecule is Cc1cccc2c1CCC21CCc2c(nc(OC[C@@]34CCCN3C[C@H](C)C4)nc2N2CCC[C@@](C)(O)C2)C1. The van der Waals surface area contributed by atoms with Gasteiger partial charge in [0.2, 0.25) is 0 Å². The summed E-state index contributed by atoms with van der Waals surface area (Å²) in [5.74, 6) is 1.74. The predicted molar refractivity (Wildman–Crippen MR) is 150 cm³/mol. The van der Waals surface area contributed by atoms with Crippen molar-refractivity contribution in [1.29, 1.82) is 0 Å². The van der Waals surface area contributed by atoms with Crippen molar-refractivity contribution in [3.05, 3.63) is 46.1 Å². The van der Waals surface area contributed by atoms with E-state index >= 15 is 0 Å². The zero-order valence-corrected chi connectivity index (χ0v) is 23.6. The molecule has 4 heterocycles. The lowest BCUT2D eigenvalue weighted by atomic mass is 9.69. The van der Waals surface area contributed by atoms with Crippen LogP contribution in [0, 0.1) is 12.8 Å². The van der Waals surface area contributed by atoms with Crippen LogP contribution in [0.1, 0.15) is 86.7 Å². The number of hydrogen-bond acceptors (Lipinski definition) is 6. The van der Waals surface area contributed by atoms with E-state index in [2.05, 4.69) is 41.8 Å². The molecule has 7 rings (SSSR count). The Bertz CT molecular complexity index is 1240. The smallest absolute Gasteiger partial charge is 0.318 e. The Morgan fingerprint density at radius 1 is 1.05 bits per heavy atom. The van der Waals surface area contributed by atoms with Crippen molar-refractivity contribution in [2.45, 2.75) is 102 Å². The number of aromatic nitrogens is 2. The average Bonchev–Trinajstić information content (AvgIpc) is 3.53. The number of aliphatic hydroxyl groups is 1. The molecule has 3 aliphatic heterocycles. The number of β-amino-alcohol motifs (C(OH)–C–C–N with tert-alkyl or cyclic N) is 1. The molecule has 5 aliphatic rings. The lowest BCUT2D eigenvalue weighted by molar-refractivity contribution is 0.0445. The molecule has 1 unspecified atom stereocenters. The first kappa shape index (κ1) is 24.8. The number of anilines is 1. The van der Waals surface area contributed by atoms with Gasteiger partial charge in [0.25, 0.3) is 0 Å². The maximum absolute atomic E-state index is 10.9. The number of rotatable bonds is 4. The minimum absolute atomic E-state index is 0.150. The second kappa shape index (κ2) is 8.92. The summed E-state index contributed by atoms with van der Waals surface area (Å²) >= 11 is 0. The second-order valence-electron chi connectivity index (χ2n) is 13.7. The van der Waals surface area contributed by atoms with Crippen LogP contribution in [0.25, 0.3) is 0 Å². The maximum Gasteiger partial charge on any atom is 0.318 e. The largest absolute Gasteiger partial charge is 0.461 e. The van der Waals surface area contributed by atoms with Gasteiger partial charge in [-0.15, -0.1) is 0 Å². The highest BCUT2D eigenvalue weighted by molar-refractivity contribution is 5.55. The average molecular weight is 517 g/mol. The van der Waals surface area contributed by atoms with Gasteiger partial charge in [0.1, 0.15) is 12.4 Å². The standard InChI is InChI=1S/C32H44N4O2/c1-22-17-32(12-6-16-36(32)19-22)21-38-29-33-27-18-31(13-9-24-23(2)7-4-8-26(24)31)14-10-25(27)28(34-29)35-15-5-11-30(3,37)20-35/h4,7-8,22,37H,5-6,9-21H2,1-3H3/t22-,30-,31?,32+/m1/s1. The van der Waals surface area contributed by atoms with E-state index < -0.39 is 5.60 Å². The van der Waals surface area contributed by atoms with Crippen LogP contribution in [0.5, 0.6) is 6.01 Å². The number of nitrogens with zero attached hydrogens (tertiary/aromatic N) is 4. The van der Waals surface area contributed by atoms with E-state index in [-0.39, 0.29) is 11.0 Å². The fourth-order valence-electron chi connectivity index (χ4n) is 8.89. The van der Waals surface area contributed by atoms with Crippen LogP contribution in [0.15, 0.2) is 18.2 Å². The van der Waals surface area contributed by atoms with Gasteiger partial charge in [-0.2, -0.15) is 9.97 Å². The fraction of sp³-hybridized carbons (Fsp3) is 0.688. The van der Waals surface area contributed by atoms with Crippen molar-refractivity contribution < 1.29 is 9.84 Å². The molecule has 204 valence electrons. The zero-order chi connectivity index (χ0) is 26.1. The lowest BCUT2D eigenvalue weighted by Gasteiger charge is -2.41. The quantitative estimate of drug-likeness (QED) is 0.632. The van der Waals surface area contributed by atoms with E-state index in [9.17, 15) is 5.11 Å². The monoisotopic (exact) mass is 516 g/mol. The molecule has 38 heavy (non-hydrogen) atoms. The van der Waals surface area contributed by atoms with E-state index in [1.54, 1.807) is 11.1 Å². The molecule has 1 aromatic carbocycles. The molecule has 0 amide bonds. The summed E-state index contributed by atoms with van der Waals surface area (Å²) in [5.41, 5.74) is 6.64. The molecule has 1 spiro atoms. The fourth-order valence-corrected chi connectivity index (χ4v) is 8.89. The number of aryl methyl sites for hydroxylation is 1. The summed E-state index contributed by atoms with van der Waals surface area (Å²) in [5, 5.41) is 10.9. The number of fused-ring (bicyclic) bond motifs is 4. The van der Waals surface area contributed by atoms with Crippen molar-refractivity contribution >= 4 is 5.82 Å². The highest BCUT2D eigenvalue weighted by Crippen LogP contribution is 2.50. The van der Waals surface area contributed by atoms with Gasteiger partial charge in [0.05, 0.1) is 16.8 Å². The first-order chi connectivity index (χ1) is 18.3. The van der Waals surface area contributed by atoms with Gasteiger partial charge in [-0.25, -0.2) is 0 Å². The minimum atomic E-state index is -0.682. The minimum Gasteiger partial charge on any atom is -0.461 e. The van der Waals surface area contributed by atoms with Crippen LogP contribution in [0.4, 0.5) is 5.82 Å². The van der Waals surface area contributed by atoms with Crippen LogP contribution in [-0.4, -0.2) is 63.9 Å².